The Bertz CT molecular complexity index is 2130. The highest BCUT2D eigenvalue weighted by atomic mass is 28.4. The zero-order valence-corrected chi connectivity index (χ0v) is 37.2. The fourth-order valence-corrected chi connectivity index (χ4v) is 12.4. The van der Waals surface area contributed by atoms with Gasteiger partial charge < -0.3 is 25.3 Å². The van der Waals surface area contributed by atoms with E-state index in [9.17, 15) is 29.4 Å². The lowest BCUT2D eigenvalue weighted by Crippen LogP contribution is -2.70. The van der Waals surface area contributed by atoms with E-state index in [0.29, 0.717) is 24.1 Å². The Morgan fingerprint density at radius 1 is 0.867 bits per heavy atom. The number of aliphatic hydroxyl groups is 1. The largest absolute Gasteiger partial charge is 0.480 e. The number of carbonyl (C=O) groups is 4. The molecule has 0 unspecified atom stereocenters. The highest BCUT2D eigenvalue weighted by molar-refractivity contribution is 6.99. The van der Waals surface area contributed by atoms with Crippen LogP contribution in [0.3, 0.4) is 0 Å². The number of nitrogens with one attached hydrogen (secondary N) is 3. The van der Waals surface area contributed by atoms with Crippen LogP contribution >= 0.6 is 0 Å². The van der Waals surface area contributed by atoms with E-state index in [1.165, 1.54) is 5.01 Å². The van der Waals surface area contributed by atoms with Crippen LogP contribution in [0.25, 0.3) is 17.0 Å². The van der Waals surface area contributed by atoms with E-state index >= 15 is 0 Å². The third-order valence-electron chi connectivity index (χ3n) is 11.2. The van der Waals surface area contributed by atoms with Gasteiger partial charge in [0.2, 0.25) is 11.8 Å². The summed E-state index contributed by atoms with van der Waals surface area (Å²) in [6.07, 6.45) is 2.78. The molecular weight excluding hydrogens is 775 g/mol. The number of aliphatic carboxylic acids is 1. The first-order valence-corrected chi connectivity index (χ1v) is 22.6. The monoisotopic (exact) mass is 835 g/mol. The third kappa shape index (κ3) is 10.4. The molecule has 13 heteroatoms. The van der Waals surface area contributed by atoms with E-state index in [0.717, 1.165) is 21.3 Å². The van der Waals surface area contributed by atoms with Crippen LogP contribution in [0, 0.1) is 11.3 Å². The van der Waals surface area contributed by atoms with Crippen LogP contribution in [-0.4, -0.2) is 83.0 Å². The summed E-state index contributed by atoms with van der Waals surface area (Å²) in [5.41, 5.74) is 3.89. The molecule has 1 aliphatic heterocycles. The first kappa shape index (κ1) is 45.9. The molecule has 60 heavy (non-hydrogen) atoms. The summed E-state index contributed by atoms with van der Waals surface area (Å²) < 4.78 is 7.34. The summed E-state index contributed by atoms with van der Waals surface area (Å²) in [6.45, 7) is 17.2. The number of rotatable bonds is 15. The van der Waals surface area contributed by atoms with Gasteiger partial charge in [-0.1, -0.05) is 126 Å². The minimum Gasteiger partial charge on any atom is -0.480 e. The number of aromatic nitrogens is 1. The van der Waals surface area contributed by atoms with E-state index in [1.807, 2.05) is 105 Å². The predicted molar refractivity (Wildman–Crippen MR) is 238 cm³/mol. The van der Waals surface area contributed by atoms with Gasteiger partial charge in [-0.25, -0.2) is 5.43 Å². The van der Waals surface area contributed by atoms with Crippen molar-refractivity contribution >= 4 is 59.4 Å². The summed E-state index contributed by atoms with van der Waals surface area (Å²) in [6, 6.07) is 26.1. The summed E-state index contributed by atoms with van der Waals surface area (Å²) in [7, 11) is -3.24. The van der Waals surface area contributed by atoms with Crippen molar-refractivity contribution in [2.75, 3.05) is 6.54 Å². The van der Waals surface area contributed by atoms with Crippen LogP contribution in [0.4, 0.5) is 0 Å². The van der Waals surface area contributed by atoms with Gasteiger partial charge >= 0.3 is 5.97 Å². The number of fused-ring (bicyclic) bond motifs is 1. The maximum atomic E-state index is 14.7. The number of nitrogens with zero attached hydrogens (tertiary/aromatic N) is 2. The zero-order chi connectivity index (χ0) is 44.0. The average molecular weight is 836 g/mol. The maximum absolute atomic E-state index is 14.7. The number of hydrazine groups is 1. The van der Waals surface area contributed by atoms with Gasteiger partial charge in [-0.05, 0) is 79.6 Å². The number of amides is 3. The molecular formula is C47H61N5O7Si. The molecule has 12 nitrogen and oxygen atoms in total. The number of carboxylic acid groups (broad SMARTS) is 1. The van der Waals surface area contributed by atoms with Gasteiger partial charge in [0.25, 0.3) is 14.2 Å². The molecule has 1 saturated heterocycles. The SMILES string of the molecule is CC(C)[C@H](NC(=O)C(C)(C)C=Cc1ccc2ccc([C@@H](C)O)nc2c1)C(=O)N[C@H](C(=O)N1CCC[C@@H](C(=O)O)N1)[C@@H](C)O[Si](c1ccccc1)(c1ccccc1)C(C)(C)C. The molecule has 0 aliphatic carbocycles. The highest BCUT2D eigenvalue weighted by Crippen LogP contribution is 2.38. The van der Waals surface area contributed by atoms with Crippen molar-refractivity contribution in [1.82, 2.24) is 26.1 Å². The second kappa shape index (κ2) is 19.0. The van der Waals surface area contributed by atoms with E-state index in [2.05, 4.69) is 41.8 Å². The van der Waals surface area contributed by atoms with Crippen molar-refractivity contribution in [3.63, 3.8) is 0 Å². The summed E-state index contributed by atoms with van der Waals surface area (Å²) in [5.74, 6) is -2.97. The number of hydrogen-bond acceptors (Lipinski definition) is 8. The van der Waals surface area contributed by atoms with Crippen molar-refractivity contribution in [3.8, 4) is 0 Å². The summed E-state index contributed by atoms with van der Waals surface area (Å²) in [4.78, 5) is 59.8. The molecule has 5 N–H and O–H groups in total. The second-order valence-electron chi connectivity index (χ2n) is 17.7. The van der Waals surface area contributed by atoms with Crippen LogP contribution in [0.5, 0.6) is 0 Å². The van der Waals surface area contributed by atoms with Crippen molar-refractivity contribution in [2.24, 2.45) is 11.3 Å². The molecule has 2 heterocycles. The van der Waals surface area contributed by atoms with E-state index in [1.54, 1.807) is 39.8 Å². The Balaban J connectivity index is 1.45. The molecule has 0 radical (unpaired) electrons. The van der Waals surface area contributed by atoms with Crippen LogP contribution in [0.15, 0.2) is 97.1 Å². The van der Waals surface area contributed by atoms with E-state index in [4.69, 9.17) is 4.43 Å². The predicted octanol–water partition coefficient (Wildman–Crippen LogP) is 5.50. The van der Waals surface area contributed by atoms with Gasteiger partial charge in [-0.2, -0.15) is 0 Å². The Hall–Kier alpha value is -5.21. The Morgan fingerprint density at radius 2 is 1.47 bits per heavy atom. The lowest BCUT2D eigenvalue weighted by molar-refractivity contribution is -0.150. The molecule has 5 atom stereocenters. The Labute approximate surface area is 354 Å². The quantitative estimate of drug-likeness (QED) is 0.0972. The lowest BCUT2D eigenvalue weighted by atomic mass is 9.89. The Morgan fingerprint density at radius 3 is 2.02 bits per heavy atom. The normalized spacial score (nSPS) is 17.2. The molecule has 4 aromatic rings. The van der Waals surface area contributed by atoms with Crippen LogP contribution in [-0.2, 0) is 23.6 Å². The van der Waals surface area contributed by atoms with Gasteiger partial charge in [0.15, 0.2) is 0 Å². The molecule has 5 rings (SSSR count). The van der Waals surface area contributed by atoms with Gasteiger partial charge in [-0.3, -0.25) is 29.2 Å². The van der Waals surface area contributed by atoms with Crippen molar-refractivity contribution in [1.29, 1.82) is 0 Å². The van der Waals surface area contributed by atoms with Crippen molar-refractivity contribution in [3.05, 3.63) is 108 Å². The molecule has 1 fully saturated rings. The summed E-state index contributed by atoms with van der Waals surface area (Å²) in [5, 5.41) is 29.5. The van der Waals surface area contributed by atoms with Crippen LogP contribution in [0.2, 0.25) is 5.04 Å². The molecule has 1 aromatic heterocycles. The molecule has 3 aromatic carbocycles. The number of pyridine rings is 1. The average Bonchev–Trinajstić information content (AvgIpc) is 3.22. The zero-order valence-electron chi connectivity index (χ0n) is 36.2. The minimum atomic E-state index is -3.24. The molecule has 0 saturated carbocycles. The molecule has 1 aliphatic rings. The second-order valence-corrected chi connectivity index (χ2v) is 22.0. The summed E-state index contributed by atoms with van der Waals surface area (Å²) >= 11 is 0. The third-order valence-corrected chi connectivity index (χ3v) is 16.4. The maximum Gasteiger partial charge on any atom is 0.322 e. The van der Waals surface area contributed by atoms with Gasteiger partial charge in [0.1, 0.15) is 18.1 Å². The van der Waals surface area contributed by atoms with Crippen LogP contribution in [0.1, 0.15) is 92.5 Å². The van der Waals surface area contributed by atoms with Gasteiger partial charge in [0, 0.05) is 11.9 Å². The molecule has 3 amide bonds. The fraction of sp³-hybridized carbons (Fsp3) is 0.426. The molecule has 0 bridgehead atoms. The first-order valence-electron chi connectivity index (χ1n) is 20.7. The standard InChI is InChI=1S/C47H61N5O7Si/c1-30(2)40(50-45(58)47(8,9)27-26-33-22-23-34-24-25-37(31(3)53)48-39(34)29-33)42(54)49-41(43(55)52-28-16-21-38(51-52)44(56)57)32(4)59-60(46(5,6)7,35-17-12-10-13-18-35)36-19-14-11-15-20-36/h10-15,17-20,22-27,29-32,38,40-41,51,53H,16,21,28H2,1-9H3,(H,49,54)(H,50,58)(H,56,57)/t31-,32-,38+,40+,41+/m1/s1. The first-order chi connectivity index (χ1) is 28.2. The van der Waals surface area contributed by atoms with E-state index in [-0.39, 0.29) is 12.5 Å². The fourth-order valence-electron chi connectivity index (χ4n) is 7.68. The number of benzene rings is 3. The van der Waals surface area contributed by atoms with Gasteiger partial charge in [-0.15, -0.1) is 0 Å². The molecule has 320 valence electrons. The highest BCUT2D eigenvalue weighted by Gasteiger charge is 2.52. The number of hydrogen-bond donors (Lipinski definition) is 5. The van der Waals surface area contributed by atoms with Crippen molar-refractivity contribution < 1.29 is 33.8 Å². The van der Waals surface area contributed by atoms with E-state index < -0.39 is 72.8 Å². The molecule has 0 spiro atoms. The minimum absolute atomic E-state index is 0.237. The number of carbonyl (C=O) groups excluding carboxylic acids is 3. The smallest absolute Gasteiger partial charge is 0.322 e. The van der Waals surface area contributed by atoms with Gasteiger partial charge in [0.05, 0.1) is 28.8 Å². The number of aliphatic hydroxyl groups excluding tert-OH is 1. The number of carboxylic acids is 1. The Kier molecular flexibility index (Phi) is 14.5. The topological polar surface area (TPSA) is 170 Å². The van der Waals surface area contributed by atoms with Crippen molar-refractivity contribution in [2.45, 2.75) is 111 Å². The lowest BCUT2D eigenvalue weighted by Gasteiger charge is -2.46. The van der Waals surface area contributed by atoms with Crippen LogP contribution < -0.4 is 26.4 Å².